The van der Waals surface area contributed by atoms with Crippen molar-refractivity contribution in [2.45, 2.75) is 13.1 Å². The summed E-state index contributed by atoms with van der Waals surface area (Å²) in [6, 6.07) is 9.98. The van der Waals surface area contributed by atoms with Crippen LogP contribution < -0.4 is 10.2 Å². The fourth-order valence-corrected chi connectivity index (χ4v) is 1.77. The van der Waals surface area contributed by atoms with Crippen LogP contribution in [0.2, 0.25) is 0 Å². The predicted molar refractivity (Wildman–Crippen MR) is 75.7 cm³/mol. The van der Waals surface area contributed by atoms with Gasteiger partial charge in [-0.1, -0.05) is 18.2 Å². The van der Waals surface area contributed by atoms with Crippen molar-refractivity contribution < 1.29 is 13.2 Å². The third kappa shape index (κ3) is 3.62. The molecular weight excluding hydrogens is 281 g/mol. The average molecular weight is 296 g/mol. The molecule has 0 radical (unpaired) electrons. The number of halogens is 3. The highest BCUT2D eigenvalue weighted by molar-refractivity contribution is 5.60. The largest absolute Gasteiger partial charge is 0.433 e. The molecule has 1 heterocycles. The van der Waals surface area contributed by atoms with Gasteiger partial charge in [0, 0.05) is 25.3 Å². The number of nitrogens with one attached hydrogen (secondary N) is 1. The standard InChI is InChI=1S/C14H15F3N4/c1-3-18-13-19-11(14(15,16)17)9-12(20-13)21(2)10-7-5-4-6-8-10/h4-9H,3H2,1-2H3,(H,18,19,20). The maximum absolute atomic E-state index is 12.9. The van der Waals surface area contributed by atoms with E-state index < -0.39 is 11.9 Å². The van der Waals surface area contributed by atoms with Crippen LogP contribution >= 0.6 is 0 Å². The second-order valence-corrected chi connectivity index (χ2v) is 4.36. The van der Waals surface area contributed by atoms with Crippen molar-refractivity contribution in [3.05, 3.63) is 42.1 Å². The molecule has 0 spiro atoms. The van der Waals surface area contributed by atoms with Crippen LogP contribution in [0.1, 0.15) is 12.6 Å². The highest BCUT2D eigenvalue weighted by Gasteiger charge is 2.34. The zero-order chi connectivity index (χ0) is 15.5. The summed E-state index contributed by atoms with van der Waals surface area (Å²) in [7, 11) is 1.66. The fraction of sp³-hybridized carbons (Fsp3) is 0.286. The number of rotatable bonds is 4. The van der Waals surface area contributed by atoms with Gasteiger partial charge in [-0.05, 0) is 19.1 Å². The third-order valence-electron chi connectivity index (χ3n) is 2.83. The number of aromatic nitrogens is 2. The number of hydrogen-bond acceptors (Lipinski definition) is 4. The quantitative estimate of drug-likeness (QED) is 0.934. The fourth-order valence-electron chi connectivity index (χ4n) is 1.77. The van der Waals surface area contributed by atoms with Gasteiger partial charge in [0.15, 0.2) is 5.69 Å². The zero-order valence-corrected chi connectivity index (χ0v) is 11.6. The number of hydrogen-bond donors (Lipinski definition) is 1. The number of anilines is 3. The Bertz CT molecular complexity index is 599. The van der Waals surface area contributed by atoms with Crippen molar-refractivity contribution in [1.82, 2.24) is 9.97 Å². The maximum Gasteiger partial charge on any atom is 0.433 e. The van der Waals surface area contributed by atoms with Gasteiger partial charge in [-0.15, -0.1) is 0 Å². The maximum atomic E-state index is 12.9. The van der Waals surface area contributed by atoms with Gasteiger partial charge in [0.2, 0.25) is 5.95 Å². The lowest BCUT2D eigenvalue weighted by molar-refractivity contribution is -0.141. The van der Waals surface area contributed by atoms with Gasteiger partial charge in [-0.25, -0.2) is 4.98 Å². The van der Waals surface area contributed by atoms with Crippen molar-refractivity contribution in [3.8, 4) is 0 Å². The summed E-state index contributed by atoms with van der Waals surface area (Å²) in [6.07, 6.45) is -4.51. The number of nitrogens with zero attached hydrogens (tertiary/aromatic N) is 3. The van der Waals surface area contributed by atoms with E-state index in [-0.39, 0.29) is 11.8 Å². The van der Waals surface area contributed by atoms with Crippen LogP contribution in [0, 0.1) is 0 Å². The summed E-state index contributed by atoms with van der Waals surface area (Å²) in [5.41, 5.74) is -0.224. The van der Waals surface area contributed by atoms with E-state index >= 15 is 0 Å². The number of benzene rings is 1. The van der Waals surface area contributed by atoms with E-state index in [2.05, 4.69) is 15.3 Å². The second kappa shape index (κ2) is 5.99. The van der Waals surface area contributed by atoms with Crippen LogP contribution in [-0.4, -0.2) is 23.6 Å². The summed E-state index contributed by atoms with van der Waals surface area (Å²) >= 11 is 0. The number of alkyl halides is 3. The molecular formula is C14H15F3N4. The molecule has 21 heavy (non-hydrogen) atoms. The lowest BCUT2D eigenvalue weighted by Crippen LogP contribution is -2.17. The van der Waals surface area contributed by atoms with Crippen LogP contribution in [0.4, 0.5) is 30.6 Å². The molecule has 1 aromatic carbocycles. The molecule has 1 N–H and O–H groups in total. The minimum Gasteiger partial charge on any atom is -0.354 e. The van der Waals surface area contributed by atoms with Crippen LogP contribution in [0.5, 0.6) is 0 Å². The first-order valence-electron chi connectivity index (χ1n) is 6.40. The Morgan fingerprint density at radius 3 is 2.38 bits per heavy atom. The van der Waals surface area contributed by atoms with E-state index in [9.17, 15) is 13.2 Å². The summed E-state index contributed by atoms with van der Waals surface area (Å²) in [5, 5.41) is 2.72. The molecule has 4 nitrogen and oxygen atoms in total. The van der Waals surface area contributed by atoms with E-state index in [4.69, 9.17) is 0 Å². The van der Waals surface area contributed by atoms with Gasteiger partial charge in [0.1, 0.15) is 5.82 Å². The van der Waals surface area contributed by atoms with Crippen molar-refractivity contribution in [1.29, 1.82) is 0 Å². The Kier molecular flexibility index (Phi) is 4.30. The molecule has 2 aromatic rings. The Labute approximate surface area is 120 Å². The minimum atomic E-state index is -4.51. The van der Waals surface area contributed by atoms with Gasteiger partial charge in [-0.2, -0.15) is 18.2 Å². The van der Waals surface area contributed by atoms with E-state index in [0.29, 0.717) is 6.54 Å². The molecule has 0 saturated carbocycles. The molecule has 1 aromatic heterocycles. The Balaban J connectivity index is 2.45. The predicted octanol–water partition coefficient (Wildman–Crippen LogP) is 3.70. The van der Waals surface area contributed by atoms with E-state index in [1.54, 1.807) is 31.0 Å². The summed E-state index contributed by atoms with van der Waals surface area (Å²) in [4.78, 5) is 9.19. The molecule has 7 heteroatoms. The molecule has 2 rings (SSSR count). The van der Waals surface area contributed by atoms with Gasteiger partial charge in [0.05, 0.1) is 0 Å². The van der Waals surface area contributed by atoms with Gasteiger partial charge in [-0.3, -0.25) is 0 Å². The molecule has 0 saturated heterocycles. The summed E-state index contributed by atoms with van der Waals surface area (Å²) < 4.78 is 38.8. The monoisotopic (exact) mass is 296 g/mol. The first-order chi connectivity index (χ1) is 9.91. The van der Waals surface area contributed by atoms with Gasteiger partial charge in [0.25, 0.3) is 0 Å². The Morgan fingerprint density at radius 2 is 1.81 bits per heavy atom. The molecule has 112 valence electrons. The first-order valence-corrected chi connectivity index (χ1v) is 6.40. The molecule has 0 aliphatic heterocycles. The SMILES string of the molecule is CCNc1nc(N(C)c2ccccc2)cc(C(F)(F)F)n1. The molecule has 0 fully saturated rings. The third-order valence-corrected chi connectivity index (χ3v) is 2.83. The van der Waals surface area contributed by atoms with Crippen LogP contribution in [0.3, 0.4) is 0 Å². The van der Waals surface area contributed by atoms with Gasteiger partial charge < -0.3 is 10.2 Å². The number of para-hydroxylation sites is 1. The molecule has 0 bridgehead atoms. The smallest absolute Gasteiger partial charge is 0.354 e. The van der Waals surface area contributed by atoms with E-state index in [1.165, 1.54) is 0 Å². The van der Waals surface area contributed by atoms with Crippen molar-refractivity contribution in [2.24, 2.45) is 0 Å². The Hall–Kier alpha value is -2.31. The zero-order valence-electron chi connectivity index (χ0n) is 11.6. The van der Waals surface area contributed by atoms with Crippen molar-refractivity contribution in [2.75, 3.05) is 23.8 Å². The molecule has 0 aliphatic carbocycles. The van der Waals surface area contributed by atoms with Crippen LogP contribution in [0.15, 0.2) is 36.4 Å². The first kappa shape index (κ1) is 15.1. The Morgan fingerprint density at radius 1 is 1.14 bits per heavy atom. The minimum absolute atomic E-state index is 0.0369. The average Bonchev–Trinajstić information content (AvgIpc) is 2.46. The molecule has 0 atom stereocenters. The second-order valence-electron chi connectivity index (χ2n) is 4.36. The van der Waals surface area contributed by atoms with Crippen molar-refractivity contribution >= 4 is 17.5 Å². The molecule has 0 amide bonds. The molecule has 0 aliphatic rings. The lowest BCUT2D eigenvalue weighted by Gasteiger charge is -2.20. The lowest BCUT2D eigenvalue weighted by atomic mass is 10.3. The normalized spacial score (nSPS) is 11.3. The van der Waals surface area contributed by atoms with E-state index in [0.717, 1.165) is 11.8 Å². The van der Waals surface area contributed by atoms with Crippen molar-refractivity contribution in [3.63, 3.8) is 0 Å². The van der Waals surface area contributed by atoms with E-state index in [1.807, 2.05) is 18.2 Å². The highest BCUT2D eigenvalue weighted by Crippen LogP contribution is 2.31. The van der Waals surface area contributed by atoms with Crippen LogP contribution in [0.25, 0.3) is 0 Å². The molecule has 0 unspecified atom stereocenters. The summed E-state index contributed by atoms with van der Waals surface area (Å²) in [6.45, 7) is 2.21. The van der Waals surface area contributed by atoms with Gasteiger partial charge >= 0.3 is 6.18 Å². The summed E-state index contributed by atoms with van der Waals surface area (Å²) in [5.74, 6) is 0.143. The topological polar surface area (TPSA) is 41.1 Å². The van der Waals surface area contributed by atoms with Crippen LogP contribution in [-0.2, 0) is 6.18 Å². The highest BCUT2D eigenvalue weighted by atomic mass is 19.4.